The predicted molar refractivity (Wildman–Crippen MR) is 112 cm³/mol. The molecule has 1 saturated carbocycles. The van der Waals surface area contributed by atoms with Crippen molar-refractivity contribution in [1.82, 2.24) is 19.2 Å². The molecule has 3 heterocycles. The third-order valence-corrected chi connectivity index (χ3v) is 8.23. The monoisotopic (exact) mass is 419 g/mol. The number of rotatable bonds is 6. The minimum atomic E-state index is 0.266. The Bertz CT molecular complexity index is 769. The lowest BCUT2D eigenvalue weighted by atomic mass is 9.92. The third-order valence-electron chi connectivity index (χ3n) is 6.54. The molecule has 28 heavy (non-hydrogen) atoms. The number of hydrogen-bond donors (Lipinski definition) is 0. The first kappa shape index (κ1) is 18.7. The molecule has 0 aromatic carbocycles. The largest absolute Gasteiger partial charge is 0.353 e. The first-order valence-electron chi connectivity index (χ1n) is 10.3. The molecule has 6 nitrogen and oxygen atoms in total. The number of piperazine rings is 1. The molecule has 2 bridgehead atoms. The molecule has 2 saturated heterocycles. The normalized spacial score (nSPS) is 31.8. The second-order valence-electron chi connectivity index (χ2n) is 8.22. The average molecular weight is 420 g/mol. The molecule has 4 unspecified atom stereocenters. The molecule has 1 aromatic rings. The number of allylic oxidation sites excluding steroid dienone is 2. The Kier molecular flexibility index (Phi) is 5.24. The number of amides is 1. The second kappa shape index (κ2) is 7.84. The minimum Gasteiger partial charge on any atom is -0.353 e. The van der Waals surface area contributed by atoms with Crippen LogP contribution in [0.1, 0.15) is 19.3 Å². The van der Waals surface area contributed by atoms with Crippen molar-refractivity contribution in [2.24, 2.45) is 17.8 Å². The molecule has 5 rings (SSSR count). The van der Waals surface area contributed by atoms with E-state index in [1.54, 1.807) is 12.4 Å². The van der Waals surface area contributed by atoms with Crippen molar-refractivity contribution in [2.75, 3.05) is 44.2 Å². The number of carbonyl (C=O) groups is 1. The molecule has 0 spiro atoms. The summed E-state index contributed by atoms with van der Waals surface area (Å²) < 4.78 is 2.07. The van der Waals surface area contributed by atoms with Crippen LogP contribution in [0.25, 0.3) is 0 Å². The molecule has 0 radical (unpaired) electrons. The van der Waals surface area contributed by atoms with Gasteiger partial charge in [-0.1, -0.05) is 23.8 Å². The molecule has 1 amide bonds. The second-order valence-corrected chi connectivity index (χ2v) is 9.80. The predicted octanol–water partition coefficient (Wildman–Crippen LogP) is 2.71. The maximum atomic E-state index is 12.7. The quantitative estimate of drug-likeness (QED) is 0.401. The van der Waals surface area contributed by atoms with Crippen LogP contribution >= 0.6 is 23.5 Å². The molecule has 2 aliphatic carbocycles. The van der Waals surface area contributed by atoms with Crippen LogP contribution in [0.2, 0.25) is 5.15 Å². The summed E-state index contributed by atoms with van der Waals surface area (Å²) in [7, 11) is 0. The van der Waals surface area contributed by atoms with Gasteiger partial charge in [-0.25, -0.2) is 4.98 Å². The van der Waals surface area contributed by atoms with E-state index in [9.17, 15) is 4.79 Å². The Labute approximate surface area is 175 Å². The Morgan fingerprint density at radius 1 is 1.07 bits per heavy atom. The molecule has 4 aliphatic rings. The van der Waals surface area contributed by atoms with Gasteiger partial charge in [0, 0.05) is 38.0 Å². The highest BCUT2D eigenvalue weighted by Gasteiger charge is 2.54. The van der Waals surface area contributed by atoms with E-state index in [0.717, 1.165) is 57.9 Å². The van der Waals surface area contributed by atoms with Crippen molar-refractivity contribution in [3.8, 4) is 0 Å². The molecule has 8 heteroatoms. The van der Waals surface area contributed by atoms with Gasteiger partial charge in [0.25, 0.3) is 0 Å². The Morgan fingerprint density at radius 2 is 1.86 bits per heavy atom. The highest BCUT2D eigenvalue weighted by Crippen LogP contribution is 2.54. The fourth-order valence-corrected chi connectivity index (χ4v) is 6.75. The van der Waals surface area contributed by atoms with Crippen LogP contribution in [0.4, 0.5) is 5.82 Å². The number of fused-ring (bicyclic) bond motifs is 5. The van der Waals surface area contributed by atoms with Gasteiger partial charge in [0.05, 0.1) is 18.3 Å². The molecule has 4 atom stereocenters. The van der Waals surface area contributed by atoms with Crippen molar-refractivity contribution in [3.05, 3.63) is 29.7 Å². The molecule has 150 valence electrons. The number of hydrogen-bond acceptors (Lipinski definition) is 6. The van der Waals surface area contributed by atoms with Gasteiger partial charge in [-0.05, 0) is 49.6 Å². The highest BCUT2D eigenvalue weighted by molar-refractivity contribution is 7.98. The number of anilines is 1. The fourth-order valence-electron chi connectivity index (χ4n) is 5.05. The van der Waals surface area contributed by atoms with Crippen molar-refractivity contribution in [2.45, 2.75) is 24.5 Å². The lowest BCUT2D eigenvalue weighted by molar-refractivity contribution is -0.129. The Balaban J connectivity index is 1.02. The van der Waals surface area contributed by atoms with E-state index in [0.29, 0.717) is 28.1 Å². The van der Waals surface area contributed by atoms with Crippen LogP contribution in [-0.4, -0.2) is 69.6 Å². The van der Waals surface area contributed by atoms with Crippen LogP contribution in [0.3, 0.4) is 0 Å². The van der Waals surface area contributed by atoms with Crippen LogP contribution in [0.5, 0.6) is 0 Å². The van der Waals surface area contributed by atoms with Gasteiger partial charge >= 0.3 is 0 Å². The summed E-state index contributed by atoms with van der Waals surface area (Å²) in [5.74, 6) is 2.67. The number of halogens is 1. The third kappa shape index (κ3) is 3.53. The Hall–Kier alpha value is -1.31. The average Bonchev–Trinajstić information content (AvgIpc) is 3.40. The van der Waals surface area contributed by atoms with Crippen molar-refractivity contribution < 1.29 is 4.79 Å². The van der Waals surface area contributed by atoms with E-state index in [1.165, 1.54) is 6.42 Å². The van der Waals surface area contributed by atoms with Crippen LogP contribution in [0.15, 0.2) is 24.5 Å². The zero-order chi connectivity index (χ0) is 19.1. The summed E-state index contributed by atoms with van der Waals surface area (Å²) in [6.45, 7) is 5.97. The van der Waals surface area contributed by atoms with Crippen LogP contribution in [0, 0.1) is 17.8 Å². The van der Waals surface area contributed by atoms with Crippen molar-refractivity contribution in [1.29, 1.82) is 0 Å². The Morgan fingerprint density at radius 3 is 2.64 bits per heavy atom. The molecular formula is C20H26ClN5OS. The molecule has 3 fully saturated rings. The van der Waals surface area contributed by atoms with E-state index < -0.39 is 0 Å². The minimum absolute atomic E-state index is 0.266. The summed E-state index contributed by atoms with van der Waals surface area (Å²) in [5, 5.41) is 0.965. The van der Waals surface area contributed by atoms with Crippen LogP contribution < -0.4 is 4.90 Å². The number of carbonyl (C=O) groups excluding carboxylic acids is 1. The fraction of sp³-hybridized carbons (Fsp3) is 0.650. The number of aromatic nitrogens is 2. The van der Waals surface area contributed by atoms with Gasteiger partial charge in [0.15, 0.2) is 0 Å². The summed E-state index contributed by atoms with van der Waals surface area (Å²) >= 11 is 7.77. The zero-order valence-corrected chi connectivity index (χ0v) is 17.5. The first-order chi connectivity index (χ1) is 13.7. The van der Waals surface area contributed by atoms with Crippen molar-refractivity contribution >= 4 is 35.3 Å². The summed E-state index contributed by atoms with van der Waals surface area (Å²) in [5.41, 5.74) is 0. The lowest BCUT2D eigenvalue weighted by Crippen LogP contribution is -2.47. The number of unbranched alkanes of at least 4 members (excludes halogenated alkanes) is 1. The molecule has 1 aromatic heterocycles. The smallest absolute Gasteiger partial charge is 0.237 e. The van der Waals surface area contributed by atoms with Crippen LogP contribution in [-0.2, 0) is 4.79 Å². The van der Waals surface area contributed by atoms with Crippen molar-refractivity contribution in [3.63, 3.8) is 0 Å². The molecule has 2 aliphatic heterocycles. The molecular weight excluding hydrogens is 394 g/mol. The standard InChI is InChI=1S/C20H26ClN5OS/c21-16-12-22-13-17(23-16)25-9-7-24(8-10-25)5-1-2-6-26-20(27)18-14-3-4-15(11-14)19(18)28-26/h3-4,12-15,18-19H,1-2,5-11H2. The van der Waals surface area contributed by atoms with Gasteiger partial charge in [-0.3, -0.25) is 19.0 Å². The van der Waals surface area contributed by atoms with Gasteiger partial charge < -0.3 is 4.90 Å². The van der Waals surface area contributed by atoms with E-state index in [1.807, 2.05) is 11.9 Å². The molecule has 0 N–H and O–H groups in total. The first-order valence-corrected chi connectivity index (χ1v) is 11.5. The van der Waals surface area contributed by atoms with E-state index >= 15 is 0 Å². The van der Waals surface area contributed by atoms with Gasteiger partial charge in [-0.15, -0.1) is 0 Å². The summed E-state index contributed by atoms with van der Waals surface area (Å²) in [6, 6.07) is 0. The zero-order valence-electron chi connectivity index (χ0n) is 15.9. The summed E-state index contributed by atoms with van der Waals surface area (Å²) in [4.78, 5) is 25.9. The van der Waals surface area contributed by atoms with Gasteiger partial charge in [0.1, 0.15) is 11.0 Å². The van der Waals surface area contributed by atoms with E-state index in [-0.39, 0.29) is 5.92 Å². The van der Waals surface area contributed by atoms with Gasteiger partial charge in [0.2, 0.25) is 5.91 Å². The van der Waals surface area contributed by atoms with E-state index in [4.69, 9.17) is 11.6 Å². The van der Waals surface area contributed by atoms with E-state index in [2.05, 4.69) is 36.2 Å². The topological polar surface area (TPSA) is 52.6 Å². The summed E-state index contributed by atoms with van der Waals surface area (Å²) in [6.07, 6.45) is 11.4. The number of nitrogens with zero attached hydrogens (tertiary/aromatic N) is 5. The van der Waals surface area contributed by atoms with Gasteiger partial charge in [-0.2, -0.15) is 0 Å². The SMILES string of the molecule is O=C1C2C3C=CC(C3)C2SN1CCCCN1CCN(c2cncc(Cl)n2)CC1. The maximum absolute atomic E-state index is 12.7. The highest BCUT2D eigenvalue weighted by atomic mass is 35.5. The maximum Gasteiger partial charge on any atom is 0.237 e. The lowest BCUT2D eigenvalue weighted by Gasteiger charge is -2.35.